The number of likely N-dealkylation sites (tertiary alicyclic amines) is 1. The molecule has 2 heterocycles. The molecule has 1 aromatic heterocycles. The number of amides is 3. The Bertz CT molecular complexity index is 506. The highest BCUT2D eigenvalue weighted by Crippen LogP contribution is 2.19. The molecule has 108 valence electrons. The number of rotatable bonds is 3. The number of carbonyl (C=O) groups is 2. The number of hydrogen-bond acceptors (Lipinski definition) is 4. The standard InChI is InChI=1S/C13H18N4O3/c14-13(20)16-5-9-2-1-3-17(8-9)12(19)10-4-11(18)7-15-6-10/h4,6-7,9,18H,1-3,5,8H2,(H3,14,16,20). The number of piperidine rings is 1. The largest absolute Gasteiger partial charge is 0.506 e. The zero-order valence-electron chi connectivity index (χ0n) is 11.1. The van der Waals surface area contributed by atoms with E-state index in [0.717, 1.165) is 12.8 Å². The topological polar surface area (TPSA) is 109 Å². The van der Waals surface area contributed by atoms with Crippen LogP contribution in [0.4, 0.5) is 4.79 Å². The minimum absolute atomic E-state index is 0.0280. The first-order valence-corrected chi connectivity index (χ1v) is 6.53. The number of urea groups is 1. The Morgan fingerprint density at radius 3 is 3.00 bits per heavy atom. The summed E-state index contributed by atoms with van der Waals surface area (Å²) in [6.45, 7) is 1.70. The van der Waals surface area contributed by atoms with E-state index >= 15 is 0 Å². The van der Waals surface area contributed by atoms with E-state index in [1.165, 1.54) is 18.5 Å². The number of carbonyl (C=O) groups excluding carboxylic acids is 2. The molecule has 1 aliphatic rings. The van der Waals surface area contributed by atoms with Crippen LogP contribution in [-0.4, -0.2) is 46.6 Å². The number of aromatic hydroxyl groups is 1. The van der Waals surface area contributed by atoms with Gasteiger partial charge in [-0.3, -0.25) is 9.78 Å². The van der Waals surface area contributed by atoms with E-state index in [0.29, 0.717) is 25.2 Å². The minimum atomic E-state index is -0.550. The summed E-state index contributed by atoms with van der Waals surface area (Å²) in [5, 5.41) is 11.9. The van der Waals surface area contributed by atoms with Crippen molar-refractivity contribution in [1.29, 1.82) is 0 Å². The van der Waals surface area contributed by atoms with Crippen molar-refractivity contribution in [3.8, 4) is 5.75 Å². The Balaban J connectivity index is 1.98. The van der Waals surface area contributed by atoms with Gasteiger partial charge in [0.05, 0.1) is 11.8 Å². The van der Waals surface area contributed by atoms with Gasteiger partial charge in [-0.2, -0.15) is 0 Å². The van der Waals surface area contributed by atoms with Crippen molar-refractivity contribution in [2.45, 2.75) is 12.8 Å². The molecule has 0 bridgehead atoms. The van der Waals surface area contributed by atoms with Crippen LogP contribution in [0.15, 0.2) is 18.5 Å². The summed E-state index contributed by atoms with van der Waals surface area (Å²) in [5.74, 6) is 0.0162. The quantitative estimate of drug-likeness (QED) is 0.739. The third-order valence-corrected chi connectivity index (χ3v) is 3.34. The number of nitrogens with zero attached hydrogens (tertiary/aromatic N) is 2. The second kappa shape index (κ2) is 6.23. The average molecular weight is 278 g/mol. The molecule has 1 aliphatic heterocycles. The Labute approximate surface area is 116 Å². The zero-order chi connectivity index (χ0) is 14.5. The first-order valence-electron chi connectivity index (χ1n) is 6.53. The molecule has 7 nitrogen and oxygen atoms in total. The van der Waals surface area contributed by atoms with Gasteiger partial charge < -0.3 is 21.1 Å². The molecule has 20 heavy (non-hydrogen) atoms. The van der Waals surface area contributed by atoms with Gasteiger partial charge in [0.25, 0.3) is 5.91 Å². The maximum atomic E-state index is 12.3. The van der Waals surface area contributed by atoms with Crippen molar-refractivity contribution >= 4 is 11.9 Å². The lowest BCUT2D eigenvalue weighted by Gasteiger charge is -2.32. The summed E-state index contributed by atoms with van der Waals surface area (Å²) in [4.78, 5) is 28.5. The van der Waals surface area contributed by atoms with Crippen molar-refractivity contribution in [3.63, 3.8) is 0 Å². The van der Waals surface area contributed by atoms with Gasteiger partial charge in [0, 0.05) is 25.8 Å². The number of nitrogens with two attached hydrogens (primary N) is 1. The number of pyridine rings is 1. The predicted octanol–water partition coefficient (Wildman–Crippen LogP) is 0.308. The highest BCUT2D eigenvalue weighted by Gasteiger charge is 2.24. The van der Waals surface area contributed by atoms with Gasteiger partial charge in [0.15, 0.2) is 0 Å². The summed E-state index contributed by atoms with van der Waals surface area (Å²) in [6.07, 6.45) is 4.55. The molecule has 1 saturated heterocycles. The average Bonchev–Trinajstić information content (AvgIpc) is 2.44. The first kappa shape index (κ1) is 14.1. The minimum Gasteiger partial charge on any atom is -0.506 e. The van der Waals surface area contributed by atoms with E-state index in [2.05, 4.69) is 10.3 Å². The van der Waals surface area contributed by atoms with Crippen LogP contribution < -0.4 is 11.1 Å². The van der Waals surface area contributed by atoms with E-state index in [1.807, 2.05) is 0 Å². The van der Waals surface area contributed by atoms with Crippen molar-refractivity contribution < 1.29 is 14.7 Å². The fourth-order valence-corrected chi connectivity index (χ4v) is 2.39. The SMILES string of the molecule is NC(=O)NCC1CCCN(C(=O)c2cncc(O)c2)C1. The Kier molecular flexibility index (Phi) is 4.39. The van der Waals surface area contributed by atoms with Crippen LogP contribution in [0.5, 0.6) is 5.75 Å². The second-order valence-electron chi connectivity index (χ2n) is 4.94. The van der Waals surface area contributed by atoms with Crippen molar-refractivity contribution in [2.24, 2.45) is 11.7 Å². The third kappa shape index (κ3) is 3.59. The van der Waals surface area contributed by atoms with Gasteiger partial charge in [-0.15, -0.1) is 0 Å². The van der Waals surface area contributed by atoms with Crippen molar-refractivity contribution in [2.75, 3.05) is 19.6 Å². The normalized spacial score (nSPS) is 18.6. The second-order valence-corrected chi connectivity index (χ2v) is 4.94. The molecule has 1 fully saturated rings. The highest BCUT2D eigenvalue weighted by atomic mass is 16.3. The summed E-state index contributed by atoms with van der Waals surface area (Å²) >= 11 is 0. The summed E-state index contributed by atoms with van der Waals surface area (Å²) in [6, 6.07) is 0.853. The van der Waals surface area contributed by atoms with Crippen LogP contribution in [0.25, 0.3) is 0 Å². The van der Waals surface area contributed by atoms with Gasteiger partial charge >= 0.3 is 6.03 Å². The highest BCUT2D eigenvalue weighted by molar-refractivity contribution is 5.94. The van der Waals surface area contributed by atoms with E-state index in [4.69, 9.17) is 5.73 Å². The van der Waals surface area contributed by atoms with E-state index < -0.39 is 6.03 Å². The van der Waals surface area contributed by atoms with Crippen LogP contribution in [0, 0.1) is 5.92 Å². The molecule has 3 amide bonds. The number of hydrogen-bond donors (Lipinski definition) is 3. The molecule has 0 radical (unpaired) electrons. The molecule has 1 unspecified atom stereocenters. The molecule has 4 N–H and O–H groups in total. The molecule has 0 spiro atoms. The lowest BCUT2D eigenvalue weighted by molar-refractivity contribution is 0.0674. The van der Waals surface area contributed by atoms with Gasteiger partial charge in [-0.1, -0.05) is 0 Å². The van der Waals surface area contributed by atoms with Gasteiger partial charge in [0.2, 0.25) is 0 Å². The maximum absolute atomic E-state index is 12.3. The fourth-order valence-electron chi connectivity index (χ4n) is 2.39. The van der Waals surface area contributed by atoms with Crippen LogP contribution in [-0.2, 0) is 0 Å². The number of nitrogens with one attached hydrogen (secondary N) is 1. The van der Waals surface area contributed by atoms with E-state index in [1.54, 1.807) is 4.90 Å². The zero-order valence-corrected chi connectivity index (χ0v) is 11.1. The van der Waals surface area contributed by atoms with Crippen LogP contribution in [0.1, 0.15) is 23.2 Å². The van der Waals surface area contributed by atoms with Gasteiger partial charge in [-0.25, -0.2) is 4.79 Å². The van der Waals surface area contributed by atoms with E-state index in [9.17, 15) is 14.7 Å². The molecular formula is C13H18N4O3. The van der Waals surface area contributed by atoms with Crippen LogP contribution >= 0.6 is 0 Å². The predicted molar refractivity (Wildman–Crippen MR) is 72.1 cm³/mol. The third-order valence-electron chi connectivity index (χ3n) is 3.34. The van der Waals surface area contributed by atoms with E-state index in [-0.39, 0.29) is 17.6 Å². The monoisotopic (exact) mass is 278 g/mol. The Morgan fingerprint density at radius 2 is 2.30 bits per heavy atom. The smallest absolute Gasteiger partial charge is 0.312 e. The molecule has 7 heteroatoms. The number of primary amides is 1. The lowest BCUT2D eigenvalue weighted by Crippen LogP contribution is -2.44. The molecule has 2 rings (SSSR count). The van der Waals surface area contributed by atoms with Crippen molar-refractivity contribution in [1.82, 2.24) is 15.2 Å². The van der Waals surface area contributed by atoms with Crippen LogP contribution in [0.2, 0.25) is 0 Å². The summed E-state index contributed by atoms with van der Waals surface area (Å²) in [7, 11) is 0. The molecular weight excluding hydrogens is 260 g/mol. The molecule has 0 saturated carbocycles. The fraction of sp³-hybridized carbons (Fsp3) is 0.462. The van der Waals surface area contributed by atoms with Crippen LogP contribution in [0.3, 0.4) is 0 Å². The molecule has 1 aromatic rings. The number of aromatic nitrogens is 1. The Hall–Kier alpha value is -2.31. The Morgan fingerprint density at radius 1 is 1.50 bits per heavy atom. The van der Waals surface area contributed by atoms with Crippen molar-refractivity contribution in [3.05, 3.63) is 24.0 Å². The van der Waals surface area contributed by atoms with Gasteiger partial charge in [-0.05, 0) is 24.8 Å². The molecule has 0 aliphatic carbocycles. The maximum Gasteiger partial charge on any atom is 0.312 e. The van der Waals surface area contributed by atoms with Gasteiger partial charge in [0.1, 0.15) is 5.75 Å². The summed E-state index contributed by atoms with van der Waals surface area (Å²) < 4.78 is 0. The first-order chi connectivity index (χ1) is 9.56. The molecule has 0 aromatic carbocycles. The summed E-state index contributed by atoms with van der Waals surface area (Å²) in [5.41, 5.74) is 5.41. The lowest BCUT2D eigenvalue weighted by atomic mass is 9.97. The molecule has 1 atom stereocenters.